The molecule has 1 aliphatic rings. The molecule has 0 radical (unpaired) electrons. The van der Waals surface area contributed by atoms with Gasteiger partial charge in [-0.05, 0) is 13.3 Å². The second-order valence-corrected chi connectivity index (χ2v) is 5.66. The first kappa shape index (κ1) is 16.0. The zero-order chi connectivity index (χ0) is 15.2. The SMILES string of the molecule is CCCCCCC(C(C)O)n1cnc2c1NC=NC2CO. The monoisotopic (exact) mass is 294 g/mol. The molecule has 118 valence electrons. The minimum absolute atomic E-state index is 0.00329. The Morgan fingerprint density at radius 2 is 2.19 bits per heavy atom. The lowest BCUT2D eigenvalue weighted by atomic mass is 10.0. The predicted octanol–water partition coefficient (Wildman–Crippen LogP) is 2.26. The van der Waals surface area contributed by atoms with Gasteiger partial charge in [0.1, 0.15) is 17.6 Å². The number of aliphatic hydroxyl groups excluding tert-OH is 2. The predicted molar refractivity (Wildman–Crippen MR) is 83.6 cm³/mol. The number of hydrogen-bond acceptors (Lipinski definition) is 5. The number of fused-ring (bicyclic) bond motifs is 1. The molecule has 0 saturated carbocycles. The third-order valence-electron chi connectivity index (χ3n) is 4.03. The molecule has 2 rings (SSSR count). The molecule has 2 heterocycles. The smallest absolute Gasteiger partial charge is 0.137 e. The summed E-state index contributed by atoms with van der Waals surface area (Å²) in [5, 5.41) is 22.6. The molecule has 3 atom stereocenters. The molecule has 0 bridgehead atoms. The Morgan fingerprint density at radius 3 is 2.86 bits per heavy atom. The second kappa shape index (κ2) is 7.56. The van der Waals surface area contributed by atoms with Crippen LogP contribution < -0.4 is 5.32 Å². The van der Waals surface area contributed by atoms with E-state index in [2.05, 4.69) is 22.2 Å². The van der Waals surface area contributed by atoms with Crippen molar-refractivity contribution in [2.75, 3.05) is 11.9 Å². The van der Waals surface area contributed by atoms with E-state index < -0.39 is 6.10 Å². The third-order valence-corrected chi connectivity index (χ3v) is 4.03. The van der Waals surface area contributed by atoms with Crippen molar-refractivity contribution in [1.29, 1.82) is 0 Å². The van der Waals surface area contributed by atoms with Crippen LogP contribution in [0.15, 0.2) is 11.3 Å². The minimum Gasteiger partial charge on any atom is -0.394 e. The first-order valence-corrected chi connectivity index (χ1v) is 7.82. The van der Waals surface area contributed by atoms with E-state index in [1.807, 2.05) is 11.5 Å². The molecular formula is C15H26N4O2. The lowest BCUT2D eigenvalue weighted by Gasteiger charge is -2.25. The highest BCUT2D eigenvalue weighted by Gasteiger charge is 2.26. The van der Waals surface area contributed by atoms with Gasteiger partial charge < -0.3 is 20.1 Å². The summed E-state index contributed by atoms with van der Waals surface area (Å²) in [4.78, 5) is 8.54. The van der Waals surface area contributed by atoms with Crippen molar-refractivity contribution in [3.05, 3.63) is 12.0 Å². The molecule has 0 fully saturated rings. The van der Waals surface area contributed by atoms with Crippen molar-refractivity contribution in [1.82, 2.24) is 9.55 Å². The highest BCUT2D eigenvalue weighted by molar-refractivity contribution is 5.78. The molecule has 6 nitrogen and oxygen atoms in total. The number of aromatic nitrogens is 2. The van der Waals surface area contributed by atoms with Crippen LogP contribution in [0.4, 0.5) is 5.82 Å². The number of imidazole rings is 1. The van der Waals surface area contributed by atoms with Gasteiger partial charge in [0.05, 0.1) is 31.4 Å². The van der Waals surface area contributed by atoms with Crippen molar-refractivity contribution in [3.63, 3.8) is 0 Å². The Kier molecular flexibility index (Phi) is 5.76. The molecule has 0 aliphatic carbocycles. The van der Waals surface area contributed by atoms with Crippen LogP contribution in [0.3, 0.4) is 0 Å². The highest BCUT2D eigenvalue weighted by atomic mass is 16.3. The molecule has 1 aliphatic heterocycles. The lowest BCUT2D eigenvalue weighted by Crippen LogP contribution is -2.24. The van der Waals surface area contributed by atoms with Crippen LogP contribution in [-0.2, 0) is 0 Å². The number of aliphatic hydroxyl groups is 2. The molecule has 3 N–H and O–H groups in total. The number of hydrogen-bond donors (Lipinski definition) is 3. The van der Waals surface area contributed by atoms with Crippen molar-refractivity contribution in [2.45, 2.75) is 64.1 Å². The minimum atomic E-state index is -0.446. The molecular weight excluding hydrogens is 268 g/mol. The summed E-state index contributed by atoms with van der Waals surface area (Å²) >= 11 is 0. The summed E-state index contributed by atoms with van der Waals surface area (Å²) in [6, 6.07) is -0.311. The van der Waals surface area contributed by atoms with Crippen molar-refractivity contribution in [3.8, 4) is 0 Å². The van der Waals surface area contributed by atoms with E-state index in [4.69, 9.17) is 0 Å². The van der Waals surface area contributed by atoms with E-state index in [0.29, 0.717) is 0 Å². The number of rotatable bonds is 8. The summed E-state index contributed by atoms with van der Waals surface area (Å²) < 4.78 is 1.99. The molecule has 3 unspecified atom stereocenters. The van der Waals surface area contributed by atoms with Gasteiger partial charge in [-0.1, -0.05) is 32.6 Å². The average molecular weight is 294 g/mol. The molecule has 1 aromatic heterocycles. The van der Waals surface area contributed by atoms with Crippen LogP contribution >= 0.6 is 0 Å². The fourth-order valence-corrected chi connectivity index (χ4v) is 2.80. The second-order valence-electron chi connectivity index (χ2n) is 5.66. The Hall–Kier alpha value is -1.40. The van der Waals surface area contributed by atoms with Crippen molar-refractivity contribution < 1.29 is 10.2 Å². The summed E-state index contributed by atoms with van der Waals surface area (Å²) in [5.74, 6) is 0.838. The fraction of sp³-hybridized carbons (Fsp3) is 0.733. The first-order valence-electron chi connectivity index (χ1n) is 7.82. The van der Waals surface area contributed by atoms with E-state index in [0.717, 1.165) is 24.4 Å². The first-order chi connectivity index (χ1) is 10.2. The van der Waals surface area contributed by atoms with E-state index in [1.54, 1.807) is 12.7 Å². The van der Waals surface area contributed by atoms with Crippen molar-refractivity contribution >= 4 is 12.2 Å². The molecule has 0 aromatic carbocycles. The van der Waals surface area contributed by atoms with Gasteiger partial charge in [0.2, 0.25) is 0 Å². The van der Waals surface area contributed by atoms with Crippen molar-refractivity contribution in [2.24, 2.45) is 4.99 Å². The summed E-state index contributed by atoms with van der Waals surface area (Å²) in [6.45, 7) is 3.95. The normalized spacial score (nSPS) is 19.9. The fourth-order valence-electron chi connectivity index (χ4n) is 2.80. The molecule has 0 amide bonds. The Labute approximate surface area is 125 Å². The lowest BCUT2D eigenvalue weighted by molar-refractivity contribution is 0.123. The zero-order valence-corrected chi connectivity index (χ0v) is 12.9. The van der Waals surface area contributed by atoms with Gasteiger partial charge in [-0.3, -0.25) is 4.99 Å². The van der Waals surface area contributed by atoms with E-state index in [1.165, 1.54) is 19.3 Å². The summed E-state index contributed by atoms with van der Waals surface area (Å²) in [7, 11) is 0. The summed E-state index contributed by atoms with van der Waals surface area (Å²) in [5.41, 5.74) is 0.749. The zero-order valence-electron chi connectivity index (χ0n) is 12.9. The number of anilines is 1. The number of unbranched alkanes of at least 4 members (excludes halogenated alkanes) is 3. The van der Waals surface area contributed by atoms with Crippen LogP contribution in [0, 0.1) is 0 Å². The quantitative estimate of drug-likeness (QED) is 0.642. The van der Waals surface area contributed by atoms with Gasteiger partial charge in [-0.15, -0.1) is 0 Å². The van der Waals surface area contributed by atoms with E-state index in [-0.39, 0.29) is 18.7 Å². The average Bonchev–Trinajstić information content (AvgIpc) is 2.90. The van der Waals surface area contributed by atoms with Gasteiger partial charge in [0.25, 0.3) is 0 Å². The van der Waals surface area contributed by atoms with Gasteiger partial charge in [-0.2, -0.15) is 0 Å². The van der Waals surface area contributed by atoms with E-state index >= 15 is 0 Å². The summed E-state index contributed by atoms with van der Waals surface area (Å²) in [6.07, 6.45) is 8.52. The molecule has 1 aromatic rings. The number of nitrogens with one attached hydrogen (secondary N) is 1. The Morgan fingerprint density at radius 1 is 1.38 bits per heavy atom. The largest absolute Gasteiger partial charge is 0.394 e. The van der Waals surface area contributed by atoms with Crippen LogP contribution in [0.1, 0.15) is 63.7 Å². The third kappa shape index (κ3) is 3.63. The van der Waals surface area contributed by atoms with Gasteiger partial charge in [0.15, 0.2) is 0 Å². The van der Waals surface area contributed by atoms with Gasteiger partial charge in [-0.25, -0.2) is 4.98 Å². The van der Waals surface area contributed by atoms with Gasteiger partial charge in [0, 0.05) is 0 Å². The standard InChI is InChI=1S/C15H26N4O2/c1-3-4-5-6-7-13(11(2)21)19-10-18-14-12(8-20)16-9-17-15(14)19/h9-13,20-21H,3-8H2,1-2H3,(H,16,17). The Bertz CT molecular complexity index is 470. The topological polar surface area (TPSA) is 82.7 Å². The van der Waals surface area contributed by atoms with Crippen LogP contribution in [-0.4, -0.2) is 38.8 Å². The maximum atomic E-state index is 10.1. The van der Waals surface area contributed by atoms with Crippen LogP contribution in [0.25, 0.3) is 0 Å². The van der Waals surface area contributed by atoms with Crippen LogP contribution in [0.2, 0.25) is 0 Å². The maximum absolute atomic E-state index is 10.1. The molecule has 0 saturated heterocycles. The molecule has 6 heteroatoms. The molecule has 0 spiro atoms. The molecule has 21 heavy (non-hydrogen) atoms. The maximum Gasteiger partial charge on any atom is 0.137 e. The highest BCUT2D eigenvalue weighted by Crippen LogP contribution is 2.32. The van der Waals surface area contributed by atoms with E-state index in [9.17, 15) is 10.2 Å². The Balaban J connectivity index is 2.13. The number of nitrogens with zero attached hydrogens (tertiary/aromatic N) is 3. The van der Waals surface area contributed by atoms with Gasteiger partial charge >= 0.3 is 0 Å². The number of aliphatic imine (C=N–C) groups is 1. The van der Waals surface area contributed by atoms with Crippen LogP contribution in [0.5, 0.6) is 0 Å².